The largest absolute Gasteiger partial charge is 0.324 e. The first kappa shape index (κ1) is 11.3. The van der Waals surface area contributed by atoms with Gasteiger partial charge in [-0.15, -0.1) is 0 Å². The van der Waals surface area contributed by atoms with E-state index >= 15 is 0 Å². The first-order chi connectivity index (χ1) is 7.76. The highest BCUT2D eigenvalue weighted by Crippen LogP contribution is 2.22. The summed E-state index contributed by atoms with van der Waals surface area (Å²) in [6.07, 6.45) is 1.04. The zero-order valence-electron chi connectivity index (χ0n) is 9.70. The number of nitrogens with two attached hydrogens (primary N) is 1. The summed E-state index contributed by atoms with van der Waals surface area (Å²) in [5, 5.41) is 0. The summed E-state index contributed by atoms with van der Waals surface area (Å²) in [5.41, 5.74) is 8.75. The number of benzene rings is 1. The first-order valence-electron chi connectivity index (χ1n) is 5.82. The highest BCUT2D eigenvalue weighted by Gasteiger charge is 2.19. The molecule has 0 aliphatic carbocycles. The molecule has 86 valence electrons. The van der Waals surface area contributed by atoms with Crippen LogP contribution in [0.25, 0.3) is 0 Å². The molecule has 0 spiro atoms. The van der Waals surface area contributed by atoms with E-state index in [-0.39, 0.29) is 12.3 Å². The lowest BCUT2D eigenvalue weighted by atomic mass is 9.93. The molecular formula is C13H18N2O. The third-order valence-electron chi connectivity index (χ3n) is 3.29. The Hall–Kier alpha value is -1.19. The zero-order chi connectivity index (χ0) is 11.5. The van der Waals surface area contributed by atoms with E-state index in [1.165, 1.54) is 11.1 Å². The molecule has 0 atom stereocenters. The molecule has 0 unspecified atom stereocenters. The second-order valence-electron chi connectivity index (χ2n) is 4.19. The van der Waals surface area contributed by atoms with E-state index < -0.39 is 0 Å². The van der Waals surface area contributed by atoms with Crippen molar-refractivity contribution in [2.45, 2.75) is 19.9 Å². The normalized spacial score (nSPS) is 15.9. The highest BCUT2D eigenvalue weighted by atomic mass is 16.1. The van der Waals surface area contributed by atoms with Gasteiger partial charge in [-0.3, -0.25) is 9.69 Å². The van der Waals surface area contributed by atoms with Gasteiger partial charge in [-0.1, -0.05) is 25.1 Å². The van der Waals surface area contributed by atoms with Crippen LogP contribution >= 0.6 is 0 Å². The lowest BCUT2D eigenvalue weighted by Gasteiger charge is -2.28. The number of fused-ring (bicyclic) bond motifs is 1. The van der Waals surface area contributed by atoms with Gasteiger partial charge in [-0.2, -0.15) is 0 Å². The average Bonchev–Trinajstić information content (AvgIpc) is 2.36. The summed E-state index contributed by atoms with van der Waals surface area (Å²) in [4.78, 5) is 14.1. The second kappa shape index (κ2) is 4.76. The Kier molecular flexibility index (Phi) is 3.36. The number of ketones is 1. The fourth-order valence-corrected chi connectivity index (χ4v) is 2.28. The molecule has 0 radical (unpaired) electrons. The Balaban J connectivity index is 2.38. The second-order valence-corrected chi connectivity index (χ2v) is 4.19. The van der Waals surface area contributed by atoms with E-state index in [4.69, 9.17) is 5.73 Å². The van der Waals surface area contributed by atoms with Crippen LogP contribution < -0.4 is 5.73 Å². The van der Waals surface area contributed by atoms with Crippen LogP contribution in [0.4, 0.5) is 0 Å². The summed E-state index contributed by atoms with van der Waals surface area (Å²) >= 11 is 0. The number of carbonyl (C=O) groups excluding carboxylic acids is 1. The van der Waals surface area contributed by atoms with Gasteiger partial charge in [-0.25, -0.2) is 0 Å². The van der Waals surface area contributed by atoms with Gasteiger partial charge in [0.2, 0.25) is 0 Å². The van der Waals surface area contributed by atoms with Crippen LogP contribution in [0.5, 0.6) is 0 Å². The van der Waals surface area contributed by atoms with Crippen LogP contribution in [-0.4, -0.2) is 30.3 Å². The van der Waals surface area contributed by atoms with Gasteiger partial charge >= 0.3 is 0 Å². The molecule has 2 rings (SSSR count). The van der Waals surface area contributed by atoms with Gasteiger partial charge in [0.1, 0.15) is 0 Å². The third-order valence-corrected chi connectivity index (χ3v) is 3.29. The Labute approximate surface area is 96.2 Å². The Bertz CT molecular complexity index is 401. The minimum atomic E-state index is 0.0507. The van der Waals surface area contributed by atoms with E-state index in [0.717, 1.165) is 31.6 Å². The number of hydrogen-bond donors (Lipinski definition) is 1. The molecule has 1 heterocycles. The van der Waals surface area contributed by atoms with E-state index in [0.29, 0.717) is 0 Å². The van der Waals surface area contributed by atoms with Gasteiger partial charge in [0.25, 0.3) is 0 Å². The molecular weight excluding hydrogens is 200 g/mol. The number of Topliss-reactive ketones (excluding diaryl/α,β-unsaturated/α-hetero) is 1. The van der Waals surface area contributed by atoms with Gasteiger partial charge in [-0.05, 0) is 24.1 Å². The molecule has 1 aliphatic rings. The topological polar surface area (TPSA) is 46.3 Å². The van der Waals surface area contributed by atoms with E-state index in [1.807, 2.05) is 12.1 Å². The average molecular weight is 218 g/mol. The van der Waals surface area contributed by atoms with E-state index in [9.17, 15) is 4.79 Å². The zero-order valence-corrected chi connectivity index (χ0v) is 9.70. The van der Waals surface area contributed by atoms with Crippen molar-refractivity contribution in [1.82, 2.24) is 4.90 Å². The summed E-state index contributed by atoms with van der Waals surface area (Å²) in [6, 6.07) is 5.98. The van der Waals surface area contributed by atoms with E-state index in [1.54, 1.807) is 0 Å². The maximum atomic E-state index is 11.7. The lowest BCUT2D eigenvalue weighted by Crippen LogP contribution is -2.32. The van der Waals surface area contributed by atoms with Crippen molar-refractivity contribution in [1.29, 1.82) is 0 Å². The van der Waals surface area contributed by atoms with Gasteiger partial charge in [0.05, 0.1) is 6.54 Å². The SMILES string of the molecule is CCN1CCc2cccc(C(=O)CN)c2C1. The van der Waals surface area contributed by atoms with Crippen LogP contribution in [0, 0.1) is 0 Å². The van der Waals surface area contributed by atoms with E-state index in [2.05, 4.69) is 17.9 Å². The molecule has 1 aromatic carbocycles. The molecule has 3 nitrogen and oxygen atoms in total. The van der Waals surface area contributed by atoms with Gasteiger partial charge in [0, 0.05) is 18.7 Å². The number of nitrogens with zero attached hydrogens (tertiary/aromatic N) is 1. The number of rotatable bonds is 3. The molecule has 1 aromatic rings. The van der Waals surface area contributed by atoms with Crippen LogP contribution in [0.1, 0.15) is 28.4 Å². The van der Waals surface area contributed by atoms with Gasteiger partial charge < -0.3 is 5.73 Å². The minimum Gasteiger partial charge on any atom is -0.324 e. The summed E-state index contributed by atoms with van der Waals surface area (Å²) in [5.74, 6) is 0.0507. The highest BCUT2D eigenvalue weighted by molar-refractivity contribution is 5.99. The van der Waals surface area contributed by atoms with Crippen molar-refractivity contribution in [3.8, 4) is 0 Å². The predicted molar refractivity (Wildman–Crippen MR) is 64.5 cm³/mol. The number of carbonyl (C=O) groups is 1. The number of hydrogen-bond acceptors (Lipinski definition) is 3. The quantitative estimate of drug-likeness (QED) is 0.776. The molecule has 0 saturated heterocycles. The van der Waals surface area contributed by atoms with Crippen molar-refractivity contribution in [2.75, 3.05) is 19.6 Å². The summed E-state index contributed by atoms with van der Waals surface area (Å²) < 4.78 is 0. The first-order valence-corrected chi connectivity index (χ1v) is 5.82. The Morgan fingerprint density at radius 2 is 2.31 bits per heavy atom. The van der Waals surface area contributed by atoms with Crippen LogP contribution in [0.15, 0.2) is 18.2 Å². The molecule has 0 aromatic heterocycles. The molecule has 1 aliphatic heterocycles. The number of likely N-dealkylation sites (N-methyl/N-ethyl adjacent to an activating group) is 1. The Morgan fingerprint density at radius 3 is 3.00 bits per heavy atom. The molecule has 0 saturated carbocycles. The molecule has 0 bridgehead atoms. The van der Waals surface area contributed by atoms with Crippen LogP contribution in [-0.2, 0) is 13.0 Å². The fourth-order valence-electron chi connectivity index (χ4n) is 2.28. The molecule has 2 N–H and O–H groups in total. The molecule has 0 fully saturated rings. The fraction of sp³-hybridized carbons (Fsp3) is 0.462. The van der Waals surface area contributed by atoms with Crippen molar-refractivity contribution < 1.29 is 4.79 Å². The van der Waals surface area contributed by atoms with Crippen molar-refractivity contribution >= 4 is 5.78 Å². The van der Waals surface area contributed by atoms with Crippen molar-refractivity contribution in [2.24, 2.45) is 5.73 Å². The van der Waals surface area contributed by atoms with Gasteiger partial charge in [0.15, 0.2) is 5.78 Å². The molecule has 3 heteroatoms. The molecule has 0 amide bonds. The summed E-state index contributed by atoms with van der Waals surface area (Å²) in [7, 11) is 0. The van der Waals surface area contributed by atoms with Crippen molar-refractivity contribution in [3.63, 3.8) is 0 Å². The maximum Gasteiger partial charge on any atom is 0.176 e. The summed E-state index contributed by atoms with van der Waals surface area (Å²) in [6.45, 7) is 5.25. The van der Waals surface area contributed by atoms with Crippen LogP contribution in [0.2, 0.25) is 0 Å². The molecule has 16 heavy (non-hydrogen) atoms. The van der Waals surface area contributed by atoms with Crippen molar-refractivity contribution in [3.05, 3.63) is 34.9 Å². The standard InChI is InChI=1S/C13H18N2O/c1-2-15-7-6-10-4-3-5-11(12(10)9-15)13(16)8-14/h3-5H,2,6-9,14H2,1H3. The Morgan fingerprint density at radius 1 is 1.50 bits per heavy atom. The predicted octanol–water partition coefficient (Wildman–Crippen LogP) is 1.21. The monoisotopic (exact) mass is 218 g/mol. The smallest absolute Gasteiger partial charge is 0.176 e. The maximum absolute atomic E-state index is 11.7. The minimum absolute atomic E-state index is 0.0507. The lowest BCUT2D eigenvalue weighted by molar-refractivity contribution is 0.0998. The van der Waals surface area contributed by atoms with Crippen LogP contribution in [0.3, 0.4) is 0 Å². The third kappa shape index (κ3) is 2.01.